The highest BCUT2D eigenvalue weighted by Gasteiger charge is 2.71. The van der Waals surface area contributed by atoms with Gasteiger partial charge >= 0.3 is 5.97 Å². The molecule has 3 rings (SSSR count). The molecule has 0 aromatic carbocycles. The second kappa shape index (κ2) is 5.72. The average molecular weight is 322 g/mol. The van der Waals surface area contributed by atoms with Crippen molar-refractivity contribution in [2.75, 3.05) is 13.7 Å². The molecule has 1 saturated carbocycles. The first kappa shape index (κ1) is 16.7. The van der Waals surface area contributed by atoms with Gasteiger partial charge in [0.25, 0.3) is 0 Å². The van der Waals surface area contributed by atoms with E-state index in [1.54, 1.807) is 7.11 Å². The number of allylic oxidation sites excluding steroid dienone is 1. The van der Waals surface area contributed by atoms with Crippen LogP contribution in [-0.4, -0.2) is 48.2 Å². The van der Waals surface area contributed by atoms with Crippen molar-refractivity contribution in [3.8, 4) is 0 Å². The molecule has 1 N–H and O–H groups in total. The summed E-state index contributed by atoms with van der Waals surface area (Å²) in [5, 5.41) is 9.12. The minimum Gasteiger partial charge on any atom is -0.478 e. The fourth-order valence-corrected chi connectivity index (χ4v) is 4.15. The second-order valence-electron chi connectivity index (χ2n) is 7.35. The van der Waals surface area contributed by atoms with Crippen LogP contribution in [0.1, 0.15) is 40.0 Å². The van der Waals surface area contributed by atoms with E-state index in [1.165, 1.54) is 11.6 Å². The molecule has 3 aliphatic rings. The minimum absolute atomic E-state index is 0.0370. The van der Waals surface area contributed by atoms with Gasteiger partial charge in [0, 0.05) is 13.2 Å². The average Bonchev–Trinajstić information content (AvgIpc) is 3.37. The van der Waals surface area contributed by atoms with Gasteiger partial charge in [-0.3, -0.25) is 0 Å². The number of hydrogen-bond donors (Lipinski definition) is 1. The summed E-state index contributed by atoms with van der Waals surface area (Å²) in [5.41, 5.74) is 1.59. The second-order valence-corrected chi connectivity index (χ2v) is 7.35. The maximum atomic E-state index is 11.1. The molecule has 0 amide bonds. The van der Waals surface area contributed by atoms with Crippen LogP contribution in [0.3, 0.4) is 0 Å². The Morgan fingerprint density at radius 1 is 1.48 bits per heavy atom. The van der Waals surface area contributed by atoms with E-state index in [4.69, 9.17) is 19.3 Å². The Labute approximate surface area is 137 Å². The maximum absolute atomic E-state index is 11.1. The summed E-state index contributed by atoms with van der Waals surface area (Å²) in [6.07, 6.45) is 5.79. The lowest BCUT2D eigenvalue weighted by atomic mass is 9.67. The summed E-state index contributed by atoms with van der Waals surface area (Å²) in [7, 11) is 1.64. The molecule has 1 spiro atoms. The number of methoxy groups -OCH3 is 1. The highest BCUT2D eigenvalue weighted by atomic mass is 16.6. The number of ether oxygens (including phenoxy) is 3. The first-order valence-electron chi connectivity index (χ1n) is 8.24. The predicted octanol–water partition coefficient (Wildman–Crippen LogP) is 2.71. The molecule has 23 heavy (non-hydrogen) atoms. The maximum Gasteiger partial charge on any atom is 0.328 e. The van der Waals surface area contributed by atoms with Crippen LogP contribution in [0.4, 0.5) is 0 Å². The summed E-state index contributed by atoms with van der Waals surface area (Å²) in [6.45, 7) is 6.99. The Bertz CT molecular complexity index is 556. The zero-order valence-electron chi connectivity index (χ0n) is 14.3. The van der Waals surface area contributed by atoms with Crippen LogP contribution >= 0.6 is 0 Å². The number of carbonyl (C=O) groups is 1. The van der Waals surface area contributed by atoms with Gasteiger partial charge in [0.2, 0.25) is 0 Å². The number of carboxylic acid groups (broad SMARTS) is 1. The van der Waals surface area contributed by atoms with Gasteiger partial charge in [-0.05, 0) is 45.6 Å². The molecule has 5 heteroatoms. The van der Waals surface area contributed by atoms with Crippen LogP contribution in [0.25, 0.3) is 0 Å². The minimum atomic E-state index is -0.920. The number of epoxide rings is 2. The van der Waals surface area contributed by atoms with Crippen LogP contribution in [0.2, 0.25) is 0 Å². The van der Waals surface area contributed by atoms with E-state index in [-0.39, 0.29) is 29.3 Å². The quantitative estimate of drug-likeness (QED) is 0.479. The molecule has 0 aromatic heterocycles. The standard InChI is InChI=1S/C18H26O5/c1-11(2)5-6-13-17(3,23-13)16-15(21-4)12(9-14(19)20)7-8-18(16)10-22-18/h5,9,13,15-16H,6-8,10H2,1-4H3,(H,19,20). The van der Waals surface area contributed by atoms with Crippen LogP contribution in [0.15, 0.2) is 23.3 Å². The molecule has 2 heterocycles. The highest BCUT2D eigenvalue weighted by molar-refractivity contribution is 5.81. The third-order valence-electron chi connectivity index (χ3n) is 5.49. The fraction of sp³-hybridized carbons (Fsp3) is 0.722. The molecule has 3 fully saturated rings. The van der Waals surface area contributed by atoms with Crippen molar-refractivity contribution in [2.24, 2.45) is 5.92 Å². The zero-order valence-corrected chi connectivity index (χ0v) is 14.3. The van der Waals surface area contributed by atoms with E-state index in [0.717, 1.165) is 18.4 Å². The van der Waals surface area contributed by atoms with E-state index >= 15 is 0 Å². The molecule has 1 aliphatic carbocycles. The topological polar surface area (TPSA) is 71.6 Å². The summed E-state index contributed by atoms with van der Waals surface area (Å²) < 4.78 is 17.6. The number of aliphatic carboxylic acids is 1. The SMILES string of the molecule is COC1C(=CC(=O)O)CCC2(CO2)C1C1(C)OC1CC=C(C)C. The van der Waals surface area contributed by atoms with Gasteiger partial charge in [0.05, 0.1) is 24.7 Å². The highest BCUT2D eigenvalue weighted by Crippen LogP contribution is 2.60. The summed E-state index contributed by atoms with van der Waals surface area (Å²) in [4.78, 5) is 11.1. The van der Waals surface area contributed by atoms with E-state index in [0.29, 0.717) is 13.0 Å². The van der Waals surface area contributed by atoms with Crippen molar-refractivity contribution in [1.82, 2.24) is 0 Å². The van der Waals surface area contributed by atoms with Crippen molar-refractivity contribution in [1.29, 1.82) is 0 Å². The molecule has 128 valence electrons. The Kier molecular flexibility index (Phi) is 4.15. The van der Waals surface area contributed by atoms with Crippen LogP contribution < -0.4 is 0 Å². The lowest BCUT2D eigenvalue weighted by molar-refractivity contribution is -0.131. The number of carboxylic acids is 1. The van der Waals surface area contributed by atoms with E-state index in [1.807, 2.05) is 0 Å². The normalized spacial score (nSPS) is 43.5. The molecule has 5 unspecified atom stereocenters. The van der Waals surface area contributed by atoms with Gasteiger partial charge in [0.15, 0.2) is 0 Å². The Morgan fingerprint density at radius 2 is 2.17 bits per heavy atom. The van der Waals surface area contributed by atoms with Crippen molar-refractivity contribution in [3.05, 3.63) is 23.3 Å². The van der Waals surface area contributed by atoms with E-state index in [2.05, 4.69) is 26.8 Å². The Balaban J connectivity index is 1.85. The van der Waals surface area contributed by atoms with Gasteiger partial charge in [-0.2, -0.15) is 0 Å². The molecule has 0 aromatic rings. The molecule has 0 radical (unpaired) electrons. The smallest absolute Gasteiger partial charge is 0.328 e. The summed E-state index contributed by atoms with van der Waals surface area (Å²) in [6, 6.07) is 0. The van der Waals surface area contributed by atoms with Crippen molar-refractivity contribution < 1.29 is 24.1 Å². The third-order valence-corrected chi connectivity index (χ3v) is 5.49. The lowest BCUT2D eigenvalue weighted by Gasteiger charge is -2.40. The van der Waals surface area contributed by atoms with Gasteiger partial charge in [-0.1, -0.05) is 11.6 Å². The van der Waals surface area contributed by atoms with Crippen molar-refractivity contribution in [2.45, 2.75) is 63.4 Å². The molecule has 2 saturated heterocycles. The molecule has 5 atom stereocenters. The van der Waals surface area contributed by atoms with Gasteiger partial charge < -0.3 is 19.3 Å². The molecular weight excluding hydrogens is 296 g/mol. The van der Waals surface area contributed by atoms with Gasteiger partial charge in [-0.25, -0.2) is 4.79 Å². The van der Waals surface area contributed by atoms with Crippen LogP contribution in [0.5, 0.6) is 0 Å². The van der Waals surface area contributed by atoms with E-state index < -0.39 is 5.97 Å². The number of rotatable bonds is 5. The molecule has 2 aliphatic heterocycles. The van der Waals surface area contributed by atoms with Crippen molar-refractivity contribution >= 4 is 5.97 Å². The Hall–Kier alpha value is -1.17. The van der Waals surface area contributed by atoms with Crippen molar-refractivity contribution in [3.63, 3.8) is 0 Å². The summed E-state index contributed by atoms with van der Waals surface area (Å²) in [5.74, 6) is -0.883. The largest absolute Gasteiger partial charge is 0.478 e. The molecular formula is C18H26O5. The Morgan fingerprint density at radius 3 is 2.70 bits per heavy atom. The lowest BCUT2D eigenvalue weighted by Crippen LogP contribution is -2.50. The molecule has 0 bridgehead atoms. The first-order valence-corrected chi connectivity index (χ1v) is 8.24. The van der Waals surface area contributed by atoms with Gasteiger partial charge in [-0.15, -0.1) is 0 Å². The van der Waals surface area contributed by atoms with Crippen LogP contribution in [-0.2, 0) is 19.0 Å². The van der Waals surface area contributed by atoms with Gasteiger partial charge in [0.1, 0.15) is 11.2 Å². The number of hydrogen-bond acceptors (Lipinski definition) is 4. The first-order chi connectivity index (χ1) is 10.8. The summed E-state index contributed by atoms with van der Waals surface area (Å²) >= 11 is 0. The third kappa shape index (κ3) is 2.97. The zero-order chi connectivity index (χ0) is 16.8. The van der Waals surface area contributed by atoms with Crippen LogP contribution in [0, 0.1) is 5.92 Å². The fourth-order valence-electron chi connectivity index (χ4n) is 4.15. The molecule has 5 nitrogen and oxygen atoms in total. The monoisotopic (exact) mass is 322 g/mol. The van der Waals surface area contributed by atoms with E-state index in [9.17, 15) is 4.79 Å². The predicted molar refractivity (Wildman–Crippen MR) is 85.2 cm³/mol.